The molecule has 2 fully saturated rings. The summed E-state index contributed by atoms with van der Waals surface area (Å²) in [4.78, 5) is 40.6. The van der Waals surface area contributed by atoms with Gasteiger partial charge in [-0.15, -0.1) is 5.10 Å². The predicted octanol–water partition coefficient (Wildman–Crippen LogP) is 2.23. The van der Waals surface area contributed by atoms with Crippen molar-refractivity contribution >= 4 is 34.5 Å². The Balaban J connectivity index is 1.13. The number of methoxy groups -OCH3 is 1. The Morgan fingerprint density at radius 1 is 0.947 bits per heavy atom. The number of aryl methyl sites for hydroxylation is 1. The Bertz CT molecular complexity index is 1480. The fraction of sp³-hybridized carbons (Fsp3) is 0.333. The topological polar surface area (TPSA) is 110 Å². The van der Waals surface area contributed by atoms with E-state index in [2.05, 4.69) is 25.2 Å². The van der Waals surface area contributed by atoms with Crippen molar-refractivity contribution in [1.29, 1.82) is 0 Å². The highest BCUT2D eigenvalue weighted by Crippen LogP contribution is 2.28. The molecule has 194 valence electrons. The van der Waals surface area contributed by atoms with Gasteiger partial charge in [0.2, 0.25) is 11.8 Å². The molecule has 2 aromatic carbocycles. The summed E-state index contributed by atoms with van der Waals surface area (Å²) in [7, 11) is 1.63. The number of benzene rings is 2. The van der Waals surface area contributed by atoms with E-state index in [1.807, 2.05) is 60.4 Å². The monoisotopic (exact) mass is 512 g/mol. The minimum absolute atomic E-state index is 0.00540. The van der Waals surface area contributed by atoms with Crippen molar-refractivity contribution in [2.75, 3.05) is 49.6 Å². The molecule has 2 amide bonds. The molecule has 0 N–H and O–H groups in total. The van der Waals surface area contributed by atoms with Gasteiger partial charge < -0.3 is 19.4 Å². The molecule has 2 aliphatic rings. The Morgan fingerprint density at radius 2 is 1.66 bits per heavy atom. The second-order valence-corrected chi connectivity index (χ2v) is 9.62. The average molecular weight is 513 g/mol. The average Bonchev–Trinajstić information content (AvgIpc) is 3.57. The first-order valence-electron chi connectivity index (χ1n) is 12.6. The van der Waals surface area contributed by atoms with Crippen molar-refractivity contribution in [2.45, 2.75) is 13.3 Å². The first-order chi connectivity index (χ1) is 18.5. The Hall–Kier alpha value is -4.54. The number of rotatable bonds is 5. The lowest BCUT2D eigenvalue weighted by Crippen LogP contribution is -2.51. The first-order valence-corrected chi connectivity index (χ1v) is 12.6. The van der Waals surface area contributed by atoms with Crippen LogP contribution in [0.2, 0.25) is 0 Å². The van der Waals surface area contributed by atoms with E-state index >= 15 is 0 Å². The molecule has 6 rings (SSSR count). The van der Waals surface area contributed by atoms with Gasteiger partial charge in [0, 0.05) is 44.8 Å². The standard InChI is InChI=1S/C27H28N8O3/c1-18-3-5-20(6-4-18)34-16-19(15-23(34)36)27(37)33-13-11-32(12-14-33)25-24-26(29-17-28-25)35(31-30-24)21-7-9-22(38-2)10-8-21/h3-10,17,19H,11-16H2,1-2H3. The maximum atomic E-state index is 13.3. The van der Waals surface area contributed by atoms with Gasteiger partial charge in [0.05, 0.1) is 18.7 Å². The third kappa shape index (κ3) is 4.29. The van der Waals surface area contributed by atoms with E-state index in [9.17, 15) is 9.59 Å². The van der Waals surface area contributed by atoms with Gasteiger partial charge in [-0.3, -0.25) is 9.59 Å². The zero-order chi connectivity index (χ0) is 26.2. The van der Waals surface area contributed by atoms with Crippen molar-refractivity contribution < 1.29 is 14.3 Å². The molecule has 1 unspecified atom stereocenters. The maximum Gasteiger partial charge on any atom is 0.228 e. The van der Waals surface area contributed by atoms with E-state index in [1.165, 1.54) is 6.33 Å². The number of amides is 2. The molecule has 0 bridgehead atoms. The molecule has 2 aromatic heterocycles. The molecular weight excluding hydrogens is 484 g/mol. The zero-order valence-corrected chi connectivity index (χ0v) is 21.3. The number of piperazine rings is 1. The highest BCUT2D eigenvalue weighted by molar-refractivity contribution is 6.00. The number of carbonyl (C=O) groups excluding carboxylic acids is 2. The molecule has 0 spiro atoms. The number of hydrogen-bond acceptors (Lipinski definition) is 8. The normalized spacial score (nSPS) is 17.9. The van der Waals surface area contributed by atoms with Crippen molar-refractivity contribution in [1.82, 2.24) is 29.9 Å². The first kappa shape index (κ1) is 23.8. The summed E-state index contributed by atoms with van der Waals surface area (Å²) in [5.41, 5.74) is 4.02. The van der Waals surface area contributed by atoms with Gasteiger partial charge in [-0.1, -0.05) is 22.9 Å². The van der Waals surface area contributed by atoms with Gasteiger partial charge in [-0.2, -0.15) is 4.68 Å². The molecule has 11 heteroatoms. The highest BCUT2D eigenvalue weighted by Gasteiger charge is 2.38. The number of hydrogen-bond donors (Lipinski definition) is 0. The van der Waals surface area contributed by atoms with Crippen LogP contribution >= 0.6 is 0 Å². The molecule has 2 saturated heterocycles. The third-order valence-corrected chi connectivity index (χ3v) is 7.25. The van der Waals surface area contributed by atoms with Crippen LogP contribution in [0.5, 0.6) is 5.75 Å². The van der Waals surface area contributed by atoms with Gasteiger partial charge in [0.25, 0.3) is 0 Å². The molecule has 38 heavy (non-hydrogen) atoms. The summed E-state index contributed by atoms with van der Waals surface area (Å²) in [5.74, 6) is 1.15. The lowest BCUT2D eigenvalue weighted by molar-refractivity contribution is -0.136. The van der Waals surface area contributed by atoms with E-state index in [1.54, 1.807) is 16.7 Å². The van der Waals surface area contributed by atoms with Gasteiger partial charge >= 0.3 is 0 Å². The van der Waals surface area contributed by atoms with Gasteiger partial charge in [-0.25, -0.2) is 9.97 Å². The number of nitrogens with zero attached hydrogens (tertiary/aromatic N) is 8. The fourth-order valence-corrected chi connectivity index (χ4v) is 5.11. The largest absolute Gasteiger partial charge is 0.497 e. The Labute approximate surface area is 219 Å². The number of fused-ring (bicyclic) bond motifs is 1. The molecule has 0 aliphatic carbocycles. The van der Waals surface area contributed by atoms with Crippen molar-refractivity contribution in [3.05, 3.63) is 60.4 Å². The van der Waals surface area contributed by atoms with Crippen LogP contribution in [0.25, 0.3) is 16.9 Å². The molecule has 4 aromatic rings. The molecule has 1 atom stereocenters. The summed E-state index contributed by atoms with van der Waals surface area (Å²) in [6, 6.07) is 15.4. The number of anilines is 2. The second-order valence-electron chi connectivity index (χ2n) is 9.62. The van der Waals surface area contributed by atoms with Gasteiger partial charge in [-0.05, 0) is 43.3 Å². The molecule has 4 heterocycles. The van der Waals surface area contributed by atoms with Crippen LogP contribution in [-0.2, 0) is 9.59 Å². The Kier molecular flexibility index (Phi) is 6.10. The molecule has 2 aliphatic heterocycles. The molecule has 0 radical (unpaired) electrons. The van der Waals surface area contributed by atoms with Crippen LogP contribution in [0.4, 0.5) is 11.5 Å². The quantitative estimate of drug-likeness (QED) is 0.401. The third-order valence-electron chi connectivity index (χ3n) is 7.25. The van der Waals surface area contributed by atoms with Crippen LogP contribution in [0.1, 0.15) is 12.0 Å². The smallest absolute Gasteiger partial charge is 0.228 e. The van der Waals surface area contributed by atoms with Crippen LogP contribution in [0.15, 0.2) is 54.9 Å². The predicted molar refractivity (Wildman–Crippen MR) is 141 cm³/mol. The maximum absolute atomic E-state index is 13.3. The minimum Gasteiger partial charge on any atom is -0.497 e. The lowest BCUT2D eigenvalue weighted by Gasteiger charge is -2.36. The van der Waals surface area contributed by atoms with Gasteiger partial charge in [0.1, 0.15) is 12.1 Å². The van der Waals surface area contributed by atoms with Crippen LogP contribution in [-0.4, -0.2) is 81.5 Å². The van der Waals surface area contributed by atoms with E-state index in [-0.39, 0.29) is 24.2 Å². The number of ether oxygens (including phenoxy) is 1. The minimum atomic E-state index is -0.328. The molecule has 11 nitrogen and oxygen atoms in total. The van der Waals surface area contributed by atoms with Crippen molar-refractivity contribution in [2.24, 2.45) is 5.92 Å². The van der Waals surface area contributed by atoms with E-state index in [4.69, 9.17) is 4.74 Å². The highest BCUT2D eigenvalue weighted by atomic mass is 16.5. The fourth-order valence-electron chi connectivity index (χ4n) is 5.11. The van der Waals surface area contributed by atoms with Crippen LogP contribution in [0.3, 0.4) is 0 Å². The SMILES string of the molecule is COc1ccc(-n2nnc3c(N4CCN(C(=O)C5CC(=O)N(c6ccc(C)cc6)C5)CC4)ncnc32)cc1. The summed E-state index contributed by atoms with van der Waals surface area (Å²) in [6.45, 7) is 4.74. The van der Waals surface area contributed by atoms with E-state index < -0.39 is 0 Å². The summed E-state index contributed by atoms with van der Waals surface area (Å²) in [6.07, 6.45) is 1.76. The van der Waals surface area contributed by atoms with Crippen molar-refractivity contribution in [3.8, 4) is 11.4 Å². The lowest BCUT2D eigenvalue weighted by atomic mass is 10.1. The second kappa shape index (κ2) is 9.73. The van der Waals surface area contributed by atoms with Crippen molar-refractivity contribution in [3.63, 3.8) is 0 Å². The summed E-state index contributed by atoms with van der Waals surface area (Å²) in [5, 5.41) is 8.68. The van der Waals surface area contributed by atoms with Crippen LogP contribution < -0.4 is 14.5 Å². The Morgan fingerprint density at radius 3 is 2.37 bits per heavy atom. The van der Waals surface area contributed by atoms with E-state index in [0.717, 1.165) is 22.7 Å². The van der Waals surface area contributed by atoms with Crippen LogP contribution in [0, 0.1) is 12.8 Å². The van der Waals surface area contributed by atoms with Gasteiger partial charge in [0.15, 0.2) is 17.0 Å². The molecular formula is C27H28N8O3. The summed E-state index contributed by atoms with van der Waals surface area (Å²) >= 11 is 0. The number of carbonyl (C=O) groups is 2. The summed E-state index contributed by atoms with van der Waals surface area (Å²) < 4.78 is 6.92. The van der Waals surface area contributed by atoms with E-state index in [0.29, 0.717) is 49.7 Å². The zero-order valence-electron chi connectivity index (χ0n) is 21.3. The number of aromatic nitrogens is 5. The molecule has 0 saturated carbocycles.